The van der Waals surface area contributed by atoms with Gasteiger partial charge < -0.3 is 30.1 Å². The number of hydrogen-bond donors (Lipinski definition) is 2. The van der Waals surface area contributed by atoms with Gasteiger partial charge in [-0.05, 0) is 69.1 Å². The molecule has 2 amide bonds. The number of amides is 2. The van der Waals surface area contributed by atoms with Gasteiger partial charge in [0.15, 0.2) is 0 Å². The number of nitrogens with zero attached hydrogens (tertiary/aromatic N) is 5. The van der Waals surface area contributed by atoms with Gasteiger partial charge in [0.1, 0.15) is 17.7 Å². The lowest BCUT2D eigenvalue weighted by Gasteiger charge is -2.33. The SMILES string of the molecule is CC(NC(=O)C(C)N1Cc2ccc(-c3cc(NC4CCOCC4)ncc3Cl)cc2C1=O)c1cccc(N2CCN(C)CC2)n1. The maximum Gasteiger partial charge on any atom is 0.255 e. The first-order valence-electron chi connectivity index (χ1n) is 15.4. The van der Waals surface area contributed by atoms with E-state index >= 15 is 0 Å². The number of hydrogen-bond acceptors (Lipinski definition) is 8. The van der Waals surface area contributed by atoms with Crippen molar-refractivity contribution in [2.45, 2.75) is 51.4 Å². The van der Waals surface area contributed by atoms with Crippen LogP contribution in [0.2, 0.25) is 5.02 Å². The molecule has 2 saturated heterocycles. The molecule has 5 heterocycles. The highest BCUT2D eigenvalue weighted by Gasteiger charge is 2.35. The van der Waals surface area contributed by atoms with Gasteiger partial charge in [-0.15, -0.1) is 0 Å². The molecule has 3 aliphatic rings. The molecule has 6 rings (SSSR count). The lowest BCUT2D eigenvalue weighted by molar-refractivity contribution is -0.125. The molecule has 10 nitrogen and oxygen atoms in total. The summed E-state index contributed by atoms with van der Waals surface area (Å²) in [6.07, 6.45) is 3.49. The van der Waals surface area contributed by atoms with Crippen LogP contribution in [0.25, 0.3) is 11.1 Å². The van der Waals surface area contributed by atoms with Crippen LogP contribution in [-0.2, 0) is 16.1 Å². The van der Waals surface area contributed by atoms with E-state index in [2.05, 4.69) is 32.5 Å². The maximum absolute atomic E-state index is 13.6. The van der Waals surface area contributed by atoms with Crippen LogP contribution in [0.15, 0.2) is 48.7 Å². The van der Waals surface area contributed by atoms with Crippen molar-refractivity contribution in [3.8, 4) is 11.1 Å². The fourth-order valence-corrected chi connectivity index (χ4v) is 6.25. The summed E-state index contributed by atoms with van der Waals surface area (Å²) in [5.74, 6) is 1.28. The van der Waals surface area contributed by atoms with Gasteiger partial charge in [0.05, 0.1) is 16.8 Å². The van der Waals surface area contributed by atoms with E-state index in [-0.39, 0.29) is 17.9 Å². The molecule has 0 saturated carbocycles. The first kappa shape index (κ1) is 30.3. The van der Waals surface area contributed by atoms with E-state index in [0.29, 0.717) is 23.2 Å². The summed E-state index contributed by atoms with van der Waals surface area (Å²) in [5, 5.41) is 7.08. The number of fused-ring (bicyclic) bond motifs is 1. The largest absolute Gasteiger partial charge is 0.381 e. The Balaban J connectivity index is 1.12. The van der Waals surface area contributed by atoms with Crippen LogP contribution in [0, 0.1) is 0 Å². The van der Waals surface area contributed by atoms with Crippen LogP contribution in [0.5, 0.6) is 0 Å². The number of carbonyl (C=O) groups excluding carboxylic acids is 2. The summed E-state index contributed by atoms with van der Waals surface area (Å²) in [6, 6.07) is 13.0. The van der Waals surface area contributed by atoms with E-state index in [1.807, 2.05) is 49.4 Å². The number of aromatic nitrogens is 2. The lowest BCUT2D eigenvalue weighted by atomic mass is 10.0. The van der Waals surface area contributed by atoms with Gasteiger partial charge in [-0.3, -0.25) is 9.59 Å². The number of carbonyl (C=O) groups is 2. The molecule has 0 spiro atoms. The first-order chi connectivity index (χ1) is 21.3. The number of rotatable bonds is 8. The molecule has 3 aromatic rings. The van der Waals surface area contributed by atoms with Gasteiger partial charge in [0.2, 0.25) is 5.91 Å². The van der Waals surface area contributed by atoms with Crippen LogP contribution in [0.4, 0.5) is 11.6 Å². The fraction of sp³-hybridized carbons (Fsp3) is 0.455. The van der Waals surface area contributed by atoms with Crippen LogP contribution in [0.1, 0.15) is 54.3 Å². The average Bonchev–Trinajstić information content (AvgIpc) is 3.37. The van der Waals surface area contributed by atoms with Gasteiger partial charge in [-0.25, -0.2) is 9.97 Å². The van der Waals surface area contributed by atoms with E-state index in [4.69, 9.17) is 21.3 Å². The molecule has 2 N–H and O–H groups in total. The normalized spacial score (nSPS) is 19.0. The first-order valence-corrected chi connectivity index (χ1v) is 15.8. The highest BCUT2D eigenvalue weighted by atomic mass is 35.5. The summed E-state index contributed by atoms with van der Waals surface area (Å²) in [5.41, 5.74) is 3.90. The molecule has 2 aromatic heterocycles. The van der Waals surface area contributed by atoms with Crippen molar-refractivity contribution in [1.82, 2.24) is 25.1 Å². The molecule has 3 aliphatic heterocycles. The Labute approximate surface area is 263 Å². The van der Waals surface area contributed by atoms with Crippen LogP contribution in [-0.4, -0.2) is 90.1 Å². The van der Waals surface area contributed by atoms with Crippen molar-refractivity contribution >= 4 is 35.1 Å². The summed E-state index contributed by atoms with van der Waals surface area (Å²) >= 11 is 6.57. The number of halogens is 1. The van der Waals surface area contributed by atoms with Crippen molar-refractivity contribution in [1.29, 1.82) is 0 Å². The van der Waals surface area contributed by atoms with E-state index in [9.17, 15) is 9.59 Å². The summed E-state index contributed by atoms with van der Waals surface area (Å²) in [7, 11) is 2.13. The Hall–Kier alpha value is -3.73. The van der Waals surface area contributed by atoms with Crippen LogP contribution in [0.3, 0.4) is 0 Å². The Kier molecular flexibility index (Phi) is 9.02. The number of benzene rings is 1. The molecule has 232 valence electrons. The van der Waals surface area contributed by atoms with E-state index in [1.165, 1.54) is 0 Å². The zero-order valence-electron chi connectivity index (χ0n) is 25.6. The van der Waals surface area contributed by atoms with Gasteiger partial charge in [0.25, 0.3) is 5.91 Å². The van der Waals surface area contributed by atoms with Crippen molar-refractivity contribution < 1.29 is 14.3 Å². The molecule has 2 unspecified atom stereocenters. The second-order valence-electron chi connectivity index (χ2n) is 12.0. The quantitative estimate of drug-likeness (QED) is 0.384. The summed E-state index contributed by atoms with van der Waals surface area (Å²) < 4.78 is 5.46. The van der Waals surface area contributed by atoms with Crippen molar-refractivity contribution in [3.63, 3.8) is 0 Å². The Morgan fingerprint density at radius 1 is 1.05 bits per heavy atom. The number of anilines is 2. The molecule has 0 bridgehead atoms. The number of ether oxygens (including phenoxy) is 1. The molecule has 0 aliphatic carbocycles. The Morgan fingerprint density at radius 3 is 2.59 bits per heavy atom. The maximum atomic E-state index is 13.6. The highest BCUT2D eigenvalue weighted by molar-refractivity contribution is 6.33. The van der Waals surface area contributed by atoms with Crippen LogP contribution >= 0.6 is 11.6 Å². The monoisotopic (exact) mass is 617 g/mol. The predicted octanol–water partition coefficient (Wildman–Crippen LogP) is 4.36. The number of pyridine rings is 2. The third-order valence-electron chi connectivity index (χ3n) is 8.91. The predicted molar refractivity (Wildman–Crippen MR) is 172 cm³/mol. The minimum Gasteiger partial charge on any atom is -0.381 e. The van der Waals surface area contributed by atoms with Crippen molar-refractivity contribution in [3.05, 3.63) is 70.5 Å². The number of piperazine rings is 1. The number of nitrogens with one attached hydrogen (secondary N) is 2. The highest BCUT2D eigenvalue weighted by Crippen LogP contribution is 2.34. The van der Waals surface area contributed by atoms with E-state index in [1.54, 1.807) is 18.0 Å². The third-order valence-corrected chi connectivity index (χ3v) is 9.22. The molecule has 2 atom stereocenters. The molecule has 11 heteroatoms. The van der Waals surface area contributed by atoms with E-state index < -0.39 is 6.04 Å². The molecule has 2 fully saturated rings. The lowest BCUT2D eigenvalue weighted by Crippen LogP contribution is -2.46. The fourth-order valence-electron chi connectivity index (χ4n) is 6.04. The van der Waals surface area contributed by atoms with Gasteiger partial charge >= 0.3 is 0 Å². The zero-order chi connectivity index (χ0) is 30.8. The molecule has 44 heavy (non-hydrogen) atoms. The smallest absolute Gasteiger partial charge is 0.255 e. The third kappa shape index (κ3) is 6.52. The summed E-state index contributed by atoms with van der Waals surface area (Å²) in [4.78, 5) is 42.5. The van der Waals surface area contributed by atoms with Crippen molar-refractivity contribution in [2.24, 2.45) is 0 Å². The molecule has 0 radical (unpaired) electrons. The van der Waals surface area contributed by atoms with Gasteiger partial charge in [-0.1, -0.05) is 29.8 Å². The van der Waals surface area contributed by atoms with E-state index in [0.717, 1.165) is 86.3 Å². The topological polar surface area (TPSA) is 103 Å². The minimum absolute atomic E-state index is 0.168. The van der Waals surface area contributed by atoms with Gasteiger partial charge in [-0.2, -0.15) is 0 Å². The average molecular weight is 618 g/mol. The Bertz CT molecular complexity index is 1520. The Morgan fingerprint density at radius 2 is 1.82 bits per heavy atom. The summed E-state index contributed by atoms with van der Waals surface area (Å²) in [6.45, 7) is 9.37. The zero-order valence-corrected chi connectivity index (χ0v) is 26.3. The molecular weight excluding hydrogens is 578 g/mol. The van der Waals surface area contributed by atoms with Gasteiger partial charge in [0, 0.05) is 69.3 Å². The minimum atomic E-state index is -0.651. The van der Waals surface area contributed by atoms with Crippen molar-refractivity contribution in [2.75, 3.05) is 56.7 Å². The second kappa shape index (κ2) is 13.1. The molecule has 1 aromatic carbocycles. The standard InChI is InChI=1S/C33H40ClN7O3/c1-21(29-5-4-6-31(38-29)40-13-11-39(3)12-14-40)36-32(42)22(2)41-20-24-8-7-23(17-27(24)33(41)43)26-18-30(35-19-28(26)34)37-25-9-15-44-16-10-25/h4-8,17-19,21-22,25H,9-16,20H2,1-3H3,(H,35,37)(H,36,42). The van der Waals surface area contributed by atoms with Crippen LogP contribution < -0.4 is 15.5 Å². The second-order valence-corrected chi connectivity index (χ2v) is 12.4. The number of likely N-dealkylation sites (N-methyl/N-ethyl adjacent to an activating group) is 1. The molecular formula is C33H40ClN7O3.